The Labute approximate surface area is 163 Å². The molecule has 0 fully saturated rings. The van der Waals surface area contributed by atoms with E-state index in [1.54, 1.807) is 6.33 Å². The van der Waals surface area contributed by atoms with Gasteiger partial charge in [0.1, 0.15) is 6.20 Å². The fraction of sp³-hybridized carbons (Fsp3) is 0.0800. The highest BCUT2D eigenvalue weighted by atomic mass is 15.3. The minimum Gasteiger partial charge on any atom is -0.232 e. The summed E-state index contributed by atoms with van der Waals surface area (Å²) in [6, 6.07) is 26.3. The van der Waals surface area contributed by atoms with Gasteiger partial charge in [0.05, 0.1) is 5.56 Å². The summed E-state index contributed by atoms with van der Waals surface area (Å²) in [5.74, 6) is 0. The first kappa shape index (κ1) is 16.6. The molecule has 0 amide bonds. The van der Waals surface area contributed by atoms with Crippen molar-refractivity contribution in [2.24, 2.45) is 7.05 Å². The van der Waals surface area contributed by atoms with Crippen LogP contribution in [0.15, 0.2) is 85.3 Å². The number of hydrogen-bond donors (Lipinski definition) is 0. The second-order valence-corrected chi connectivity index (χ2v) is 7.17. The van der Waals surface area contributed by atoms with Crippen LogP contribution in [0.1, 0.15) is 5.56 Å². The highest BCUT2D eigenvalue weighted by molar-refractivity contribution is 6.08. The Bertz CT molecular complexity index is 1340. The number of nitrogens with zero attached hydrogens (tertiary/aromatic N) is 3. The van der Waals surface area contributed by atoms with Crippen LogP contribution >= 0.6 is 0 Å². The van der Waals surface area contributed by atoms with Crippen molar-refractivity contribution in [2.75, 3.05) is 0 Å². The zero-order valence-electron chi connectivity index (χ0n) is 15.9. The Morgan fingerprint density at radius 2 is 1.50 bits per heavy atom. The van der Waals surface area contributed by atoms with Crippen LogP contribution < -0.4 is 4.68 Å². The van der Waals surface area contributed by atoms with E-state index in [0.717, 1.165) is 11.3 Å². The lowest BCUT2D eigenvalue weighted by atomic mass is 9.95. The first-order valence-corrected chi connectivity index (χ1v) is 9.40. The first-order chi connectivity index (χ1) is 13.7. The number of fused-ring (bicyclic) bond motifs is 3. The van der Waals surface area contributed by atoms with E-state index in [1.807, 2.05) is 17.9 Å². The predicted octanol–water partition coefficient (Wildman–Crippen LogP) is 5.25. The Morgan fingerprint density at radius 3 is 2.39 bits per heavy atom. The molecule has 28 heavy (non-hydrogen) atoms. The highest BCUT2D eigenvalue weighted by Gasteiger charge is 2.15. The summed E-state index contributed by atoms with van der Waals surface area (Å²) in [7, 11) is 1.95. The molecule has 0 saturated carbocycles. The molecule has 0 atom stereocenters. The fourth-order valence-corrected chi connectivity index (χ4v) is 3.87. The molecular formula is C25H20N3+. The quantitative estimate of drug-likeness (QED) is 0.317. The monoisotopic (exact) mass is 362 g/mol. The van der Waals surface area contributed by atoms with Gasteiger partial charge < -0.3 is 0 Å². The normalized spacial score (nSPS) is 11.2. The third-order valence-electron chi connectivity index (χ3n) is 5.43. The van der Waals surface area contributed by atoms with E-state index < -0.39 is 0 Å². The van der Waals surface area contributed by atoms with Crippen molar-refractivity contribution in [3.8, 4) is 22.4 Å². The molecule has 0 bridgehead atoms. The van der Waals surface area contributed by atoms with Gasteiger partial charge in [-0.05, 0) is 57.3 Å². The van der Waals surface area contributed by atoms with Crippen LogP contribution in [0.5, 0.6) is 0 Å². The van der Waals surface area contributed by atoms with Crippen LogP contribution in [-0.4, -0.2) is 10.1 Å². The fourth-order valence-electron chi connectivity index (χ4n) is 3.87. The van der Waals surface area contributed by atoms with Crippen LogP contribution in [0.4, 0.5) is 0 Å². The number of aromatic nitrogens is 3. The van der Waals surface area contributed by atoms with Gasteiger partial charge in [0.2, 0.25) is 0 Å². The summed E-state index contributed by atoms with van der Waals surface area (Å²) in [4.78, 5) is 4.20. The molecule has 0 N–H and O–H groups in total. The maximum Gasteiger partial charge on any atom is 0.257 e. The van der Waals surface area contributed by atoms with E-state index >= 15 is 0 Å². The molecule has 1 heterocycles. The molecule has 134 valence electrons. The van der Waals surface area contributed by atoms with E-state index in [4.69, 9.17) is 0 Å². The number of hydrogen-bond acceptors (Lipinski definition) is 2. The van der Waals surface area contributed by atoms with Gasteiger partial charge >= 0.3 is 0 Å². The molecule has 4 aromatic carbocycles. The van der Waals surface area contributed by atoms with Crippen molar-refractivity contribution in [3.63, 3.8) is 0 Å². The summed E-state index contributed by atoms with van der Waals surface area (Å²) < 4.78 is 1.87. The van der Waals surface area contributed by atoms with E-state index in [9.17, 15) is 0 Å². The van der Waals surface area contributed by atoms with Crippen molar-refractivity contribution in [2.45, 2.75) is 6.92 Å². The van der Waals surface area contributed by atoms with Crippen molar-refractivity contribution in [1.29, 1.82) is 0 Å². The molecule has 0 saturated heterocycles. The van der Waals surface area contributed by atoms with Crippen LogP contribution in [0, 0.1) is 6.92 Å². The molecular weight excluding hydrogens is 342 g/mol. The summed E-state index contributed by atoms with van der Waals surface area (Å²) in [5.41, 5.74) is 5.77. The third-order valence-corrected chi connectivity index (χ3v) is 5.43. The van der Waals surface area contributed by atoms with Gasteiger partial charge in [0.15, 0.2) is 13.4 Å². The van der Waals surface area contributed by atoms with Crippen molar-refractivity contribution in [3.05, 3.63) is 90.9 Å². The molecule has 0 radical (unpaired) electrons. The Hall–Kier alpha value is -3.59. The second kappa shape index (κ2) is 6.54. The van der Waals surface area contributed by atoms with Crippen LogP contribution in [-0.2, 0) is 7.05 Å². The zero-order valence-corrected chi connectivity index (χ0v) is 15.9. The Balaban J connectivity index is 1.67. The lowest BCUT2D eigenvalue weighted by Gasteiger charge is -2.09. The van der Waals surface area contributed by atoms with Gasteiger partial charge in [-0.3, -0.25) is 0 Å². The Kier molecular flexibility index (Phi) is 3.87. The molecule has 5 rings (SSSR count). The maximum absolute atomic E-state index is 4.27. The smallest absolute Gasteiger partial charge is 0.232 e. The van der Waals surface area contributed by atoms with E-state index in [2.05, 4.69) is 89.8 Å². The Morgan fingerprint density at radius 1 is 0.750 bits per heavy atom. The molecule has 3 nitrogen and oxygen atoms in total. The number of rotatable bonds is 2. The zero-order chi connectivity index (χ0) is 19.1. The predicted molar refractivity (Wildman–Crippen MR) is 114 cm³/mol. The molecule has 0 unspecified atom stereocenters. The van der Waals surface area contributed by atoms with E-state index in [-0.39, 0.29) is 0 Å². The SMILES string of the molecule is Cc1ccc(-c2ccc3c(ccc4ccccc43)c2)cc1-c1cncn[n+]1C. The largest absolute Gasteiger partial charge is 0.257 e. The van der Waals surface area contributed by atoms with Gasteiger partial charge in [-0.15, -0.1) is 0 Å². The molecule has 1 aromatic heterocycles. The third kappa shape index (κ3) is 2.72. The molecule has 0 spiro atoms. The van der Waals surface area contributed by atoms with Gasteiger partial charge in [-0.1, -0.05) is 65.3 Å². The van der Waals surface area contributed by atoms with Crippen LogP contribution in [0.2, 0.25) is 0 Å². The van der Waals surface area contributed by atoms with Gasteiger partial charge in [-0.25, -0.2) is 4.98 Å². The van der Waals surface area contributed by atoms with Crippen LogP contribution in [0.3, 0.4) is 0 Å². The molecule has 5 aromatic rings. The lowest BCUT2D eigenvalue weighted by molar-refractivity contribution is -0.721. The van der Waals surface area contributed by atoms with Crippen molar-refractivity contribution < 1.29 is 4.68 Å². The summed E-state index contributed by atoms with van der Waals surface area (Å²) in [6.45, 7) is 2.12. The molecule has 0 aliphatic heterocycles. The summed E-state index contributed by atoms with van der Waals surface area (Å²) in [5, 5.41) is 9.39. The van der Waals surface area contributed by atoms with Crippen molar-refractivity contribution in [1.82, 2.24) is 10.1 Å². The highest BCUT2D eigenvalue weighted by Crippen LogP contribution is 2.32. The van der Waals surface area contributed by atoms with Crippen LogP contribution in [0.25, 0.3) is 43.9 Å². The second-order valence-electron chi connectivity index (χ2n) is 7.17. The minimum absolute atomic E-state index is 1.01. The topological polar surface area (TPSA) is 29.7 Å². The van der Waals surface area contributed by atoms with E-state index in [1.165, 1.54) is 38.2 Å². The first-order valence-electron chi connectivity index (χ1n) is 9.40. The number of benzene rings is 4. The van der Waals surface area contributed by atoms with Gasteiger partial charge in [0, 0.05) is 5.10 Å². The summed E-state index contributed by atoms with van der Waals surface area (Å²) in [6.07, 6.45) is 3.43. The maximum atomic E-state index is 4.27. The van der Waals surface area contributed by atoms with Crippen molar-refractivity contribution >= 4 is 21.5 Å². The molecule has 0 aliphatic rings. The molecule has 3 heteroatoms. The van der Waals surface area contributed by atoms with Gasteiger partial charge in [-0.2, -0.15) is 0 Å². The standard InChI is InChI=1S/C25H20N3/c1-17-7-8-20(14-24(17)25-15-26-16-27-28(25)2)19-11-12-23-21(13-19)10-9-18-5-3-4-6-22(18)23/h3-16H,1-2H3/q+1. The molecule has 0 aliphatic carbocycles. The van der Waals surface area contributed by atoms with E-state index in [0.29, 0.717) is 0 Å². The average Bonchev–Trinajstić information content (AvgIpc) is 2.74. The average molecular weight is 362 g/mol. The number of aryl methyl sites for hydroxylation is 2. The van der Waals surface area contributed by atoms with Gasteiger partial charge in [0.25, 0.3) is 5.69 Å². The summed E-state index contributed by atoms with van der Waals surface area (Å²) >= 11 is 0. The minimum atomic E-state index is 1.01. The lowest BCUT2D eigenvalue weighted by Crippen LogP contribution is -2.35.